The van der Waals surface area contributed by atoms with Gasteiger partial charge < -0.3 is 10.5 Å². The summed E-state index contributed by atoms with van der Waals surface area (Å²) in [4.78, 5) is 0. The van der Waals surface area contributed by atoms with Crippen LogP contribution in [0.25, 0.3) is 0 Å². The summed E-state index contributed by atoms with van der Waals surface area (Å²) >= 11 is 0. The molecule has 1 aromatic carbocycles. The average Bonchev–Trinajstić information content (AvgIpc) is 2.30. The second kappa shape index (κ2) is 4.58. The van der Waals surface area contributed by atoms with Crippen molar-refractivity contribution in [2.45, 2.75) is 59.1 Å². The van der Waals surface area contributed by atoms with Crippen molar-refractivity contribution in [3.05, 3.63) is 29.3 Å². The lowest BCUT2D eigenvalue weighted by Gasteiger charge is -2.49. The van der Waals surface area contributed by atoms with Gasteiger partial charge in [-0.15, -0.1) is 0 Å². The van der Waals surface area contributed by atoms with Crippen LogP contribution in [0.3, 0.4) is 0 Å². The fourth-order valence-electron chi connectivity index (χ4n) is 2.37. The first-order valence-electron chi connectivity index (χ1n) is 6.85. The van der Waals surface area contributed by atoms with Gasteiger partial charge in [-0.25, -0.2) is 0 Å². The predicted molar refractivity (Wildman–Crippen MR) is 76.1 cm³/mol. The monoisotopic (exact) mass is 247 g/mol. The van der Waals surface area contributed by atoms with Crippen molar-refractivity contribution >= 4 is 0 Å². The summed E-state index contributed by atoms with van der Waals surface area (Å²) in [5, 5.41) is 0. The van der Waals surface area contributed by atoms with Crippen LogP contribution in [-0.2, 0) is 0 Å². The van der Waals surface area contributed by atoms with E-state index in [-0.39, 0.29) is 17.6 Å². The first-order valence-corrected chi connectivity index (χ1v) is 6.85. The van der Waals surface area contributed by atoms with Gasteiger partial charge in [-0.3, -0.25) is 0 Å². The number of aryl methyl sites for hydroxylation is 1. The van der Waals surface area contributed by atoms with E-state index in [9.17, 15) is 0 Å². The molecule has 0 saturated heterocycles. The average molecular weight is 247 g/mol. The molecule has 0 spiro atoms. The maximum Gasteiger partial charge on any atom is 0.122 e. The van der Waals surface area contributed by atoms with E-state index in [0.717, 1.165) is 12.2 Å². The minimum absolute atomic E-state index is 0.0836. The van der Waals surface area contributed by atoms with E-state index in [0.29, 0.717) is 5.92 Å². The SMILES string of the molecule is Cc1ccc(C(C)C)cc1OC1CC(N)C1(C)C. The predicted octanol–water partition coefficient (Wildman–Crippen LogP) is 3.62. The number of hydrogen-bond donors (Lipinski definition) is 1. The second-order valence-electron chi connectivity index (χ2n) is 6.45. The van der Waals surface area contributed by atoms with Crippen molar-refractivity contribution in [2.24, 2.45) is 11.1 Å². The molecule has 2 unspecified atom stereocenters. The molecule has 0 aromatic heterocycles. The van der Waals surface area contributed by atoms with E-state index < -0.39 is 0 Å². The van der Waals surface area contributed by atoms with Crippen LogP contribution >= 0.6 is 0 Å². The van der Waals surface area contributed by atoms with E-state index in [1.807, 2.05) is 0 Å². The molecule has 100 valence electrons. The maximum absolute atomic E-state index is 6.18. The van der Waals surface area contributed by atoms with Crippen molar-refractivity contribution in [1.82, 2.24) is 0 Å². The van der Waals surface area contributed by atoms with Gasteiger partial charge in [0.15, 0.2) is 0 Å². The maximum atomic E-state index is 6.18. The van der Waals surface area contributed by atoms with Gasteiger partial charge in [0.2, 0.25) is 0 Å². The van der Waals surface area contributed by atoms with Crippen LogP contribution < -0.4 is 10.5 Å². The topological polar surface area (TPSA) is 35.2 Å². The largest absolute Gasteiger partial charge is 0.489 e. The highest BCUT2D eigenvalue weighted by atomic mass is 16.5. The van der Waals surface area contributed by atoms with Gasteiger partial charge in [0.05, 0.1) is 0 Å². The molecule has 0 amide bonds. The molecule has 18 heavy (non-hydrogen) atoms. The number of hydrogen-bond acceptors (Lipinski definition) is 2. The molecule has 0 heterocycles. The van der Waals surface area contributed by atoms with Gasteiger partial charge in [0.1, 0.15) is 11.9 Å². The Morgan fingerprint density at radius 3 is 2.50 bits per heavy atom. The summed E-state index contributed by atoms with van der Waals surface area (Å²) in [6.07, 6.45) is 1.20. The molecule has 0 aliphatic heterocycles. The van der Waals surface area contributed by atoms with Gasteiger partial charge in [-0.05, 0) is 30.0 Å². The van der Waals surface area contributed by atoms with E-state index >= 15 is 0 Å². The van der Waals surface area contributed by atoms with Gasteiger partial charge >= 0.3 is 0 Å². The molecule has 2 N–H and O–H groups in total. The number of benzene rings is 1. The normalized spacial score (nSPS) is 25.9. The Hall–Kier alpha value is -1.02. The van der Waals surface area contributed by atoms with Crippen LogP contribution in [0.15, 0.2) is 18.2 Å². The Balaban J connectivity index is 2.17. The zero-order chi connectivity index (χ0) is 13.5. The van der Waals surface area contributed by atoms with Crippen LogP contribution in [-0.4, -0.2) is 12.1 Å². The molecule has 2 nitrogen and oxygen atoms in total. The minimum Gasteiger partial charge on any atom is -0.489 e. The molecule has 2 heteroatoms. The molecule has 1 aromatic rings. The standard InChI is InChI=1S/C16H25NO/c1-10(2)12-7-6-11(3)13(8-12)18-15-9-14(17)16(15,4)5/h6-8,10,14-15H,9,17H2,1-5H3. The lowest BCUT2D eigenvalue weighted by molar-refractivity contribution is -0.0403. The molecule has 0 radical (unpaired) electrons. The first-order chi connectivity index (χ1) is 8.32. The molecule has 1 saturated carbocycles. The zero-order valence-corrected chi connectivity index (χ0v) is 12.2. The highest BCUT2D eigenvalue weighted by molar-refractivity contribution is 5.38. The van der Waals surface area contributed by atoms with Crippen molar-refractivity contribution in [1.29, 1.82) is 0 Å². The Morgan fingerprint density at radius 1 is 1.33 bits per heavy atom. The van der Waals surface area contributed by atoms with Crippen molar-refractivity contribution in [2.75, 3.05) is 0 Å². The Kier molecular flexibility index (Phi) is 3.41. The minimum atomic E-state index is 0.0836. The Morgan fingerprint density at radius 2 is 2.00 bits per heavy atom. The van der Waals surface area contributed by atoms with E-state index in [1.165, 1.54) is 11.1 Å². The van der Waals surface area contributed by atoms with Gasteiger partial charge in [-0.2, -0.15) is 0 Å². The fraction of sp³-hybridized carbons (Fsp3) is 0.625. The first kappa shape index (κ1) is 13.4. The zero-order valence-electron chi connectivity index (χ0n) is 12.2. The van der Waals surface area contributed by atoms with E-state index in [4.69, 9.17) is 10.5 Å². The number of nitrogens with two attached hydrogens (primary N) is 1. The van der Waals surface area contributed by atoms with Crippen LogP contribution in [0.5, 0.6) is 5.75 Å². The fourth-order valence-corrected chi connectivity index (χ4v) is 2.37. The second-order valence-corrected chi connectivity index (χ2v) is 6.45. The Bertz CT molecular complexity index is 437. The van der Waals surface area contributed by atoms with E-state index in [1.54, 1.807) is 0 Å². The molecular formula is C16H25NO. The number of ether oxygens (including phenoxy) is 1. The summed E-state index contributed by atoms with van der Waals surface area (Å²) in [5.74, 6) is 1.55. The van der Waals surface area contributed by atoms with Crippen LogP contribution in [0.1, 0.15) is 51.2 Å². The summed E-state index contributed by atoms with van der Waals surface area (Å²) in [7, 11) is 0. The van der Waals surface area contributed by atoms with Gasteiger partial charge in [-0.1, -0.05) is 39.8 Å². The Labute approximate surface area is 111 Å². The lowest BCUT2D eigenvalue weighted by Crippen LogP contribution is -2.60. The quantitative estimate of drug-likeness (QED) is 0.885. The molecule has 1 aliphatic carbocycles. The summed E-state index contributed by atoms with van der Waals surface area (Å²) in [5.41, 5.74) is 8.66. The molecule has 2 atom stereocenters. The molecule has 1 aliphatic rings. The molecular weight excluding hydrogens is 222 g/mol. The van der Waals surface area contributed by atoms with Gasteiger partial charge in [0.25, 0.3) is 0 Å². The van der Waals surface area contributed by atoms with Crippen molar-refractivity contribution in [3.63, 3.8) is 0 Å². The lowest BCUT2D eigenvalue weighted by atomic mass is 9.65. The van der Waals surface area contributed by atoms with Crippen molar-refractivity contribution in [3.8, 4) is 5.75 Å². The summed E-state index contributed by atoms with van der Waals surface area (Å²) in [6, 6.07) is 6.77. The summed E-state index contributed by atoms with van der Waals surface area (Å²) < 4.78 is 6.18. The van der Waals surface area contributed by atoms with Crippen LogP contribution in [0.4, 0.5) is 0 Å². The highest BCUT2D eigenvalue weighted by Crippen LogP contribution is 2.42. The third-order valence-corrected chi connectivity index (χ3v) is 4.40. The molecule has 2 rings (SSSR count). The molecule has 0 bridgehead atoms. The smallest absolute Gasteiger partial charge is 0.122 e. The van der Waals surface area contributed by atoms with Crippen LogP contribution in [0, 0.1) is 12.3 Å². The van der Waals surface area contributed by atoms with Crippen molar-refractivity contribution < 1.29 is 4.74 Å². The highest BCUT2D eigenvalue weighted by Gasteiger charge is 2.48. The van der Waals surface area contributed by atoms with Gasteiger partial charge in [0, 0.05) is 17.9 Å². The van der Waals surface area contributed by atoms with Crippen LogP contribution in [0.2, 0.25) is 0 Å². The van der Waals surface area contributed by atoms with E-state index in [2.05, 4.69) is 52.8 Å². The third-order valence-electron chi connectivity index (χ3n) is 4.40. The molecule has 1 fully saturated rings. The number of rotatable bonds is 3. The third kappa shape index (κ3) is 2.26. The summed E-state index contributed by atoms with van der Waals surface area (Å²) in [6.45, 7) is 10.9.